The number of hydrogen-bond donors (Lipinski definition) is 2. The maximum atomic E-state index is 13.1. The van der Waals surface area contributed by atoms with Gasteiger partial charge in [0, 0.05) is 36.9 Å². The summed E-state index contributed by atoms with van der Waals surface area (Å²) in [6, 6.07) is 6.76. The number of nitrogens with zero attached hydrogens (tertiary/aromatic N) is 1. The summed E-state index contributed by atoms with van der Waals surface area (Å²) in [5, 5.41) is 13.0. The minimum Gasteiger partial charge on any atom is -0.351 e. The van der Waals surface area contributed by atoms with Crippen LogP contribution in [0.3, 0.4) is 0 Å². The molecule has 0 saturated carbocycles. The lowest BCUT2D eigenvalue weighted by Gasteiger charge is -2.08. The van der Waals surface area contributed by atoms with Gasteiger partial charge in [-0.2, -0.15) is 0 Å². The standard InChI is InChI=1S/C15H13F2N3O5S/c16-11-6-10(7-12(17)8-11)15(21)18-4-5-19-26(24,25)14-3-1-2-13(9-14)20(22)23/h1-3,6-9,19H,4-5H2,(H,18,21). The summed E-state index contributed by atoms with van der Waals surface area (Å²) in [5.74, 6) is -2.61. The number of halogens is 2. The fourth-order valence-corrected chi connectivity index (χ4v) is 3.07. The molecule has 0 heterocycles. The Kier molecular flexibility index (Phi) is 5.95. The summed E-state index contributed by atoms with van der Waals surface area (Å²) < 4.78 is 52.4. The minimum absolute atomic E-state index is 0.162. The second-order valence-corrected chi connectivity index (χ2v) is 6.83. The molecule has 0 unspecified atom stereocenters. The molecule has 0 aliphatic heterocycles. The summed E-state index contributed by atoms with van der Waals surface area (Å²) in [4.78, 5) is 21.4. The number of carbonyl (C=O) groups excluding carboxylic acids is 1. The number of rotatable bonds is 7. The molecular weight excluding hydrogens is 372 g/mol. The molecular formula is C15H13F2N3O5S. The monoisotopic (exact) mass is 385 g/mol. The Morgan fingerprint density at radius 1 is 1.08 bits per heavy atom. The molecule has 8 nitrogen and oxygen atoms in total. The van der Waals surface area contributed by atoms with Gasteiger partial charge in [0.1, 0.15) is 11.6 Å². The molecule has 1 amide bonds. The third-order valence-electron chi connectivity index (χ3n) is 3.17. The van der Waals surface area contributed by atoms with Crippen molar-refractivity contribution in [1.29, 1.82) is 0 Å². The molecule has 0 aliphatic carbocycles. The van der Waals surface area contributed by atoms with E-state index < -0.39 is 32.5 Å². The molecule has 0 radical (unpaired) electrons. The fraction of sp³-hybridized carbons (Fsp3) is 0.133. The number of nitro benzene ring substituents is 1. The van der Waals surface area contributed by atoms with E-state index in [1.54, 1.807) is 0 Å². The van der Waals surface area contributed by atoms with E-state index in [4.69, 9.17) is 0 Å². The lowest BCUT2D eigenvalue weighted by molar-refractivity contribution is -0.385. The summed E-state index contributed by atoms with van der Waals surface area (Å²) in [5.41, 5.74) is -0.627. The van der Waals surface area contributed by atoms with Crippen LogP contribution in [0.25, 0.3) is 0 Å². The first-order chi connectivity index (χ1) is 12.2. The van der Waals surface area contributed by atoms with Gasteiger partial charge in [-0.3, -0.25) is 14.9 Å². The first-order valence-electron chi connectivity index (χ1n) is 7.17. The normalized spacial score (nSPS) is 11.2. The predicted molar refractivity (Wildman–Crippen MR) is 87.0 cm³/mol. The first-order valence-corrected chi connectivity index (χ1v) is 8.66. The molecule has 0 fully saturated rings. The summed E-state index contributed by atoms with van der Waals surface area (Å²) >= 11 is 0. The average molecular weight is 385 g/mol. The fourth-order valence-electron chi connectivity index (χ4n) is 2.00. The van der Waals surface area contributed by atoms with Crippen LogP contribution in [0, 0.1) is 21.7 Å². The van der Waals surface area contributed by atoms with Crippen molar-refractivity contribution in [2.45, 2.75) is 4.90 Å². The molecule has 2 aromatic carbocycles. The predicted octanol–water partition coefficient (Wildman–Crippen LogP) is 1.58. The van der Waals surface area contributed by atoms with Gasteiger partial charge in [-0.25, -0.2) is 21.9 Å². The van der Waals surface area contributed by atoms with Crippen LogP contribution < -0.4 is 10.0 Å². The molecule has 11 heteroatoms. The number of non-ortho nitro benzene ring substituents is 1. The lowest BCUT2D eigenvalue weighted by Crippen LogP contribution is -2.34. The van der Waals surface area contributed by atoms with Crippen LogP contribution in [0.2, 0.25) is 0 Å². The number of benzene rings is 2. The smallest absolute Gasteiger partial charge is 0.270 e. The molecule has 2 N–H and O–H groups in total. The number of sulfonamides is 1. The molecule has 0 spiro atoms. The highest BCUT2D eigenvalue weighted by Crippen LogP contribution is 2.16. The molecule has 138 valence electrons. The van der Waals surface area contributed by atoms with Gasteiger partial charge in [0.15, 0.2) is 0 Å². The van der Waals surface area contributed by atoms with Gasteiger partial charge in [0.2, 0.25) is 10.0 Å². The van der Waals surface area contributed by atoms with E-state index in [9.17, 15) is 32.1 Å². The third-order valence-corrected chi connectivity index (χ3v) is 4.62. The van der Waals surface area contributed by atoms with Crippen LogP contribution >= 0.6 is 0 Å². The van der Waals surface area contributed by atoms with Crippen molar-refractivity contribution >= 4 is 21.6 Å². The highest BCUT2D eigenvalue weighted by atomic mass is 32.2. The zero-order valence-electron chi connectivity index (χ0n) is 13.1. The van der Waals surface area contributed by atoms with Gasteiger partial charge in [-0.05, 0) is 18.2 Å². The van der Waals surface area contributed by atoms with Crippen molar-refractivity contribution in [2.75, 3.05) is 13.1 Å². The highest BCUT2D eigenvalue weighted by molar-refractivity contribution is 7.89. The van der Waals surface area contributed by atoms with Crippen molar-refractivity contribution in [3.8, 4) is 0 Å². The van der Waals surface area contributed by atoms with Crippen LogP contribution in [0.15, 0.2) is 47.4 Å². The Morgan fingerprint density at radius 3 is 2.35 bits per heavy atom. The molecule has 2 aromatic rings. The number of amides is 1. The van der Waals surface area contributed by atoms with Gasteiger partial charge in [-0.1, -0.05) is 6.07 Å². The maximum Gasteiger partial charge on any atom is 0.270 e. The second kappa shape index (κ2) is 7.97. The quantitative estimate of drug-likeness (QED) is 0.426. The minimum atomic E-state index is -4.02. The number of hydrogen-bond acceptors (Lipinski definition) is 5. The summed E-state index contributed by atoms with van der Waals surface area (Å²) in [7, 11) is -4.02. The van der Waals surface area contributed by atoms with Gasteiger partial charge >= 0.3 is 0 Å². The number of nitro groups is 1. The topological polar surface area (TPSA) is 118 Å². The van der Waals surface area contributed by atoms with E-state index in [1.807, 2.05) is 0 Å². The van der Waals surface area contributed by atoms with Crippen molar-refractivity contribution in [3.05, 3.63) is 69.8 Å². The van der Waals surface area contributed by atoms with E-state index in [2.05, 4.69) is 10.0 Å². The molecule has 2 rings (SSSR count). The zero-order chi connectivity index (χ0) is 19.3. The number of carbonyl (C=O) groups is 1. The molecule has 0 bridgehead atoms. The Bertz CT molecular complexity index is 930. The van der Waals surface area contributed by atoms with Gasteiger partial charge in [-0.15, -0.1) is 0 Å². The van der Waals surface area contributed by atoms with Crippen molar-refractivity contribution in [2.24, 2.45) is 0 Å². The van der Waals surface area contributed by atoms with Crippen LogP contribution in [0.4, 0.5) is 14.5 Å². The Hall–Kier alpha value is -2.92. The number of nitrogens with one attached hydrogen (secondary N) is 2. The molecule has 0 atom stereocenters. The Labute approximate surface area is 147 Å². The molecule has 0 aliphatic rings. The van der Waals surface area contributed by atoms with Crippen LogP contribution in [-0.2, 0) is 10.0 Å². The van der Waals surface area contributed by atoms with Crippen LogP contribution in [0.1, 0.15) is 10.4 Å². The van der Waals surface area contributed by atoms with Crippen LogP contribution in [-0.4, -0.2) is 32.3 Å². The van der Waals surface area contributed by atoms with Crippen molar-refractivity contribution < 1.29 is 26.9 Å². The summed E-state index contributed by atoms with van der Waals surface area (Å²) in [6.45, 7) is -0.389. The van der Waals surface area contributed by atoms with Crippen molar-refractivity contribution in [3.63, 3.8) is 0 Å². The van der Waals surface area contributed by atoms with Gasteiger partial charge in [0.25, 0.3) is 11.6 Å². The van der Waals surface area contributed by atoms with E-state index in [0.29, 0.717) is 6.07 Å². The largest absolute Gasteiger partial charge is 0.351 e. The lowest BCUT2D eigenvalue weighted by atomic mass is 10.2. The highest BCUT2D eigenvalue weighted by Gasteiger charge is 2.17. The average Bonchev–Trinajstić information content (AvgIpc) is 2.57. The molecule has 0 aromatic heterocycles. The zero-order valence-corrected chi connectivity index (χ0v) is 13.9. The molecule has 0 saturated heterocycles. The third kappa shape index (κ3) is 5.04. The van der Waals surface area contributed by atoms with E-state index in [0.717, 1.165) is 24.3 Å². The van der Waals surface area contributed by atoms with E-state index >= 15 is 0 Å². The SMILES string of the molecule is O=C(NCCNS(=O)(=O)c1cccc([N+](=O)[O-])c1)c1cc(F)cc(F)c1. The van der Waals surface area contributed by atoms with Gasteiger partial charge < -0.3 is 5.32 Å². The van der Waals surface area contributed by atoms with Crippen molar-refractivity contribution in [1.82, 2.24) is 10.0 Å². The Morgan fingerprint density at radius 2 is 1.73 bits per heavy atom. The first kappa shape index (κ1) is 19.4. The second-order valence-electron chi connectivity index (χ2n) is 5.07. The summed E-state index contributed by atoms with van der Waals surface area (Å²) in [6.07, 6.45) is 0. The van der Waals surface area contributed by atoms with E-state index in [1.165, 1.54) is 12.1 Å². The van der Waals surface area contributed by atoms with Crippen LogP contribution in [0.5, 0.6) is 0 Å². The molecule has 26 heavy (non-hydrogen) atoms. The maximum absolute atomic E-state index is 13.1. The van der Waals surface area contributed by atoms with Gasteiger partial charge in [0.05, 0.1) is 9.82 Å². The van der Waals surface area contributed by atoms with E-state index in [-0.39, 0.29) is 29.2 Å². The Balaban J connectivity index is 1.93.